The summed E-state index contributed by atoms with van der Waals surface area (Å²) in [5.41, 5.74) is 0.754. The van der Waals surface area contributed by atoms with Crippen molar-refractivity contribution < 1.29 is 28.2 Å². The van der Waals surface area contributed by atoms with Crippen molar-refractivity contribution in [1.82, 2.24) is 5.32 Å². The molecule has 0 bridgehead atoms. The van der Waals surface area contributed by atoms with Gasteiger partial charge in [-0.3, -0.25) is 14.4 Å². The summed E-state index contributed by atoms with van der Waals surface area (Å²) in [6, 6.07) is 9.60. The van der Waals surface area contributed by atoms with Gasteiger partial charge in [0.1, 0.15) is 18.1 Å². The Morgan fingerprint density at radius 3 is 2.44 bits per heavy atom. The molecule has 7 nitrogen and oxygen atoms in total. The zero-order chi connectivity index (χ0) is 19.8. The Morgan fingerprint density at radius 2 is 1.81 bits per heavy atom. The lowest BCUT2D eigenvalue weighted by Gasteiger charge is -2.09. The molecule has 2 rings (SSSR count). The average molecular weight is 395 g/mol. The van der Waals surface area contributed by atoms with Gasteiger partial charge >= 0.3 is 5.97 Å². The molecule has 0 aliphatic heterocycles. The van der Waals surface area contributed by atoms with Crippen molar-refractivity contribution in [3.63, 3.8) is 0 Å². The molecule has 0 aliphatic rings. The molecular weight excluding hydrogens is 379 g/mol. The fourth-order valence-corrected chi connectivity index (χ4v) is 2.19. The Balaban J connectivity index is 1.85. The zero-order valence-corrected chi connectivity index (χ0v) is 15.0. The Kier molecular flexibility index (Phi) is 7.13. The Morgan fingerprint density at radius 1 is 1.11 bits per heavy atom. The van der Waals surface area contributed by atoms with Crippen molar-refractivity contribution in [2.24, 2.45) is 0 Å². The highest BCUT2D eigenvalue weighted by Crippen LogP contribution is 2.24. The first-order chi connectivity index (χ1) is 12.9. The van der Waals surface area contributed by atoms with E-state index in [1.54, 1.807) is 0 Å². The van der Waals surface area contributed by atoms with Crippen molar-refractivity contribution in [3.8, 4) is 5.75 Å². The van der Waals surface area contributed by atoms with Crippen LogP contribution >= 0.6 is 11.6 Å². The minimum Gasteiger partial charge on any atom is -0.482 e. The predicted molar refractivity (Wildman–Crippen MR) is 96.3 cm³/mol. The second-order valence-corrected chi connectivity index (χ2v) is 5.65. The lowest BCUT2D eigenvalue weighted by molar-refractivity contribution is -0.139. The number of nitrogens with one attached hydrogen (secondary N) is 2. The number of amides is 2. The summed E-state index contributed by atoms with van der Waals surface area (Å²) < 4.78 is 22.6. The summed E-state index contributed by atoms with van der Waals surface area (Å²) in [6.07, 6.45) is 0. The maximum absolute atomic E-state index is 13.0. The largest absolute Gasteiger partial charge is 0.482 e. The predicted octanol–water partition coefficient (Wildman–Crippen LogP) is 2.40. The van der Waals surface area contributed by atoms with Crippen molar-refractivity contribution in [3.05, 3.63) is 58.9 Å². The number of carbonyl (C=O) groups is 3. The second-order valence-electron chi connectivity index (χ2n) is 5.25. The number of halogens is 2. The molecule has 0 heterocycles. The van der Waals surface area contributed by atoms with Crippen LogP contribution in [0.15, 0.2) is 42.5 Å². The van der Waals surface area contributed by atoms with E-state index in [9.17, 15) is 18.8 Å². The molecule has 2 N–H and O–H groups in total. The number of anilines is 1. The zero-order valence-electron chi connectivity index (χ0n) is 14.3. The number of carbonyl (C=O) groups excluding carboxylic acids is 3. The Hall–Kier alpha value is -3.13. The topological polar surface area (TPSA) is 93.7 Å². The molecule has 0 saturated carbocycles. The number of esters is 1. The van der Waals surface area contributed by atoms with E-state index in [1.165, 1.54) is 43.5 Å². The van der Waals surface area contributed by atoms with Crippen LogP contribution in [0.5, 0.6) is 5.75 Å². The molecule has 27 heavy (non-hydrogen) atoms. The van der Waals surface area contributed by atoms with E-state index in [-0.39, 0.29) is 23.9 Å². The van der Waals surface area contributed by atoms with Gasteiger partial charge in [-0.15, -0.1) is 0 Å². The number of methoxy groups -OCH3 is 1. The molecule has 0 fully saturated rings. The van der Waals surface area contributed by atoms with Gasteiger partial charge in [0.2, 0.25) is 0 Å². The van der Waals surface area contributed by atoms with E-state index in [0.717, 1.165) is 6.07 Å². The second kappa shape index (κ2) is 9.54. The van der Waals surface area contributed by atoms with Gasteiger partial charge in [-0.25, -0.2) is 4.39 Å². The van der Waals surface area contributed by atoms with Crippen LogP contribution in [-0.2, 0) is 14.3 Å². The maximum Gasteiger partial charge on any atom is 0.325 e. The molecule has 0 unspecified atom stereocenters. The van der Waals surface area contributed by atoms with E-state index in [1.807, 2.05) is 0 Å². The van der Waals surface area contributed by atoms with Gasteiger partial charge < -0.3 is 20.1 Å². The van der Waals surface area contributed by atoms with Gasteiger partial charge in [-0.1, -0.05) is 11.6 Å². The highest BCUT2D eigenvalue weighted by Gasteiger charge is 2.10. The van der Waals surface area contributed by atoms with Crippen LogP contribution in [0.25, 0.3) is 0 Å². The van der Waals surface area contributed by atoms with Crippen molar-refractivity contribution in [1.29, 1.82) is 0 Å². The van der Waals surface area contributed by atoms with Gasteiger partial charge in [0.25, 0.3) is 11.8 Å². The standard InChI is InChI=1S/C18H16ClFN2O5/c1-26-17(24)9-21-18(25)11-2-5-13(6-3-11)22-16(23)10-27-15-7-4-12(20)8-14(15)19/h2-8H,9-10H2,1H3,(H,21,25)(H,22,23). The number of hydrogen-bond acceptors (Lipinski definition) is 5. The van der Waals surface area contributed by atoms with E-state index in [4.69, 9.17) is 16.3 Å². The van der Waals surface area contributed by atoms with Crippen LogP contribution < -0.4 is 15.4 Å². The normalized spacial score (nSPS) is 10.0. The summed E-state index contributed by atoms with van der Waals surface area (Å²) in [7, 11) is 1.22. The highest BCUT2D eigenvalue weighted by atomic mass is 35.5. The average Bonchev–Trinajstić information content (AvgIpc) is 2.65. The first kappa shape index (κ1) is 20.2. The third-order valence-electron chi connectivity index (χ3n) is 3.30. The molecular formula is C18H16ClFN2O5. The van der Waals surface area contributed by atoms with Gasteiger partial charge in [-0.2, -0.15) is 0 Å². The molecule has 0 aromatic heterocycles. The molecule has 0 atom stereocenters. The van der Waals surface area contributed by atoms with Crippen LogP contribution in [0, 0.1) is 5.82 Å². The third kappa shape index (κ3) is 6.27. The van der Waals surface area contributed by atoms with E-state index in [0.29, 0.717) is 11.3 Å². The monoisotopic (exact) mass is 394 g/mol. The maximum atomic E-state index is 13.0. The van der Waals surface area contributed by atoms with Crippen molar-refractivity contribution in [2.45, 2.75) is 0 Å². The molecule has 0 spiro atoms. The summed E-state index contributed by atoms with van der Waals surface area (Å²) in [5, 5.41) is 5.04. The fourth-order valence-electron chi connectivity index (χ4n) is 1.96. The molecule has 142 valence electrons. The Bertz CT molecular complexity index is 842. The first-order valence-corrected chi connectivity index (χ1v) is 8.09. The van der Waals surface area contributed by atoms with Crippen molar-refractivity contribution in [2.75, 3.05) is 25.6 Å². The quantitative estimate of drug-likeness (QED) is 0.703. The van der Waals surface area contributed by atoms with E-state index in [2.05, 4.69) is 15.4 Å². The van der Waals surface area contributed by atoms with Crippen LogP contribution in [0.4, 0.5) is 10.1 Å². The summed E-state index contributed by atoms with van der Waals surface area (Å²) in [4.78, 5) is 34.8. The van der Waals surface area contributed by atoms with Crippen molar-refractivity contribution >= 4 is 35.1 Å². The van der Waals surface area contributed by atoms with Gasteiger partial charge in [0, 0.05) is 11.3 Å². The lowest BCUT2D eigenvalue weighted by Crippen LogP contribution is -2.30. The smallest absolute Gasteiger partial charge is 0.325 e. The van der Waals surface area contributed by atoms with Gasteiger partial charge in [0.15, 0.2) is 6.61 Å². The minimum atomic E-state index is -0.562. The van der Waals surface area contributed by atoms with E-state index < -0.39 is 23.6 Å². The summed E-state index contributed by atoms with van der Waals surface area (Å²) >= 11 is 5.81. The van der Waals surface area contributed by atoms with Gasteiger partial charge in [0.05, 0.1) is 12.1 Å². The first-order valence-electron chi connectivity index (χ1n) is 7.72. The SMILES string of the molecule is COC(=O)CNC(=O)c1ccc(NC(=O)COc2ccc(F)cc2Cl)cc1. The molecule has 2 aromatic carbocycles. The van der Waals surface area contributed by atoms with E-state index >= 15 is 0 Å². The molecule has 0 aliphatic carbocycles. The molecule has 0 saturated heterocycles. The Labute approximate surface area is 159 Å². The summed E-state index contributed by atoms with van der Waals surface area (Å²) in [6.45, 7) is -0.566. The third-order valence-corrected chi connectivity index (χ3v) is 3.60. The van der Waals surface area contributed by atoms with Crippen LogP contribution in [0.2, 0.25) is 5.02 Å². The minimum absolute atomic E-state index is 0.0603. The number of benzene rings is 2. The molecule has 0 radical (unpaired) electrons. The van der Waals surface area contributed by atoms with Crippen LogP contribution in [-0.4, -0.2) is 38.0 Å². The lowest BCUT2D eigenvalue weighted by atomic mass is 10.2. The van der Waals surface area contributed by atoms with Gasteiger partial charge in [-0.05, 0) is 42.5 Å². The van der Waals surface area contributed by atoms with Crippen LogP contribution in [0.3, 0.4) is 0 Å². The summed E-state index contributed by atoms with van der Waals surface area (Å²) in [5.74, 6) is -1.79. The molecule has 9 heteroatoms. The number of rotatable bonds is 7. The number of ether oxygens (including phenoxy) is 2. The van der Waals surface area contributed by atoms with Crippen LogP contribution in [0.1, 0.15) is 10.4 Å². The molecule has 2 aromatic rings. The fraction of sp³-hybridized carbons (Fsp3) is 0.167. The molecule has 2 amide bonds. The highest BCUT2D eigenvalue weighted by molar-refractivity contribution is 6.32. The number of hydrogen-bond donors (Lipinski definition) is 2.